The highest BCUT2D eigenvalue weighted by Crippen LogP contribution is 2.59. The van der Waals surface area contributed by atoms with Crippen LogP contribution in [-0.4, -0.2) is 37.4 Å². The van der Waals surface area contributed by atoms with E-state index < -0.39 is 5.97 Å². The van der Waals surface area contributed by atoms with Gasteiger partial charge in [-0.05, 0) is 82.1 Å². The molecule has 0 saturated heterocycles. The highest BCUT2D eigenvalue weighted by atomic mass is 16.4. The third-order valence-corrected chi connectivity index (χ3v) is 6.93. The zero-order valence-corrected chi connectivity index (χ0v) is 17.1. The van der Waals surface area contributed by atoms with Crippen molar-refractivity contribution in [2.75, 3.05) is 12.3 Å². The first-order valence-electron chi connectivity index (χ1n) is 10.4. The van der Waals surface area contributed by atoms with Crippen molar-refractivity contribution >= 4 is 11.8 Å². The first-order chi connectivity index (χ1) is 13.8. The van der Waals surface area contributed by atoms with Gasteiger partial charge in [-0.1, -0.05) is 0 Å². The van der Waals surface area contributed by atoms with Gasteiger partial charge in [0.2, 0.25) is 0 Å². The molecule has 8 nitrogen and oxygen atoms in total. The summed E-state index contributed by atoms with van der Waals surface area (Å²) in [6.07, 6.45) is 12.0. The first kappa shape index (κ1) is 19.8. The van der Waals surface area contributed by atoms with Gasteiger partial charge in [0.1, 0.15) is 11.4 Å². The van der Waals surface area contributed by atoms with Gasteiger partial charge in [0, 0.05) is 18.0 Å². The first-order valence-corrected chi connectivity index (χ1v) is 10.4. The Morgan fingerprint density at radius 3 is 2.24 bits per heavy atom. The summed E-state index contributed by atoms with van der Waals surface area (Å²) >= 11 is 0. The fraction of sp³-hybridized carbons (Fsp3) is 0.619. The van der Waals surface area contributed by atoms with Crippen molar-refractivity contribution in [2.24, 2.45) is 28.9 Å². The van der Waals surface area contributed by atoms with Crippen molar-refractivity contribution in [1.29, 1.82) is 0 Å². The molecule has 4 aliphatic carbocycles. The fourth-order valence-corrected chi connectivity index (χ4v) is 5.87. The number of carbonyl (C=O) groups is 1. The van der Waals surface area contributed by atoms with Crippen LogP contribution in [0.4, 0.5) is 5.82 Å². The van der Waals surface area contributed by atoms with Gasteiger partial charge in [-0.3, -0.25) is 0 Å². The van der Waals surface area contributed by atoms with Crippen molar-refractivity contribution < 1.29 is 9.90 Å². The molecule has 5 N–H and O–H groups in total. The van der Waals surface area contributed by atoms with Gasteiger partial charge < -0.3 is 16.6 Å². The molecule has 0 aromatic carbocycles. The fourth-order valence-electron chi connectivity index (χ4n) is 5.87. The maximum Gasteiger partial charge on any atom is 0.339 e. The van der Waals surface area contributed by atoms with Gasteiger partial charge in [0.25, 0.3) is 5.95 Å². The van der Waals surface area contributed by atoms with E-state index in [1.54, 1.807) is 20.0 Å². The molecule has 156 valence electrons. The number of aryl methyl sites for hydroxylation is 2. The number of aromatic carboxylic acids is 1. The number of carboxylic acid groups (broad SMARTS) is 1. The number of nitrogens with zero attached hydrogens (tertiary/aromatic N) is 4. The van der Waals surface area contributed by atoms with Crippen LogP contribution >= 0.6 is 0 Å². The normalized spacial score (nSPS) is 29.4. The summed E-state index contributed by atoms with van der Waals surface area (Å²) in [6.45, 7) is 4.37. The molecule has 0 radical (unpaired) electrons. The Hall–Kier alpha value is -2.48. The van der Waals surface area contributed by atoms with Gasteiger partial charge in [-0.2, -0.15) is 10.1 Å². The number of hydrogen-bond acceptors (Lipinski definition) is 6. The molecule has 2 aromatic heterocycles. The highest BCUT2D eigenvalue weighted by Gasteiger charge is 2.49. The van der Waals surface area contributed by atoms with Crippen LogP contribution in [0.15, 0.2) is 12.4 Å². The molecule has 0 amide bonds. The lowest BCUT2D eigenvalue weighted by Crippen LogP contribution is -2.49. The van der Waals surface area contributed by atoms with Crippen LogP contribution in [0, 0.1) is 37.0 Å². The molecule has 0 spiro atoms. The highest BCUT2D eigenvalue weighted by molar-refractivity contribution is 5.88. The van der Waals surface area contributed by atoms with Crippen molar-refractivity contribution in [1.82, 2.24) is 19.7 Å². The van der Waals surface area contributed by atoms with E-state index in [-0.39, 0.29) is 11.5 Å². The molecule has 0 unspecified atom stereocenters. The SMILES string of the molecule is Cc1cnc(-n2cc(C(=O)O)c(C)n2)nc1N.NCC12CC3CC(CC(C3)C1)C2. The largest absolute Gasteiger partial charge is 0.478 e. The summed E-state index contributed by atoms with van der Waals surface area (Å²) in [7, 11) is 0. The third-order valence-electron chi connectivity index (χ3n) is 6.93. The van der Waals surface area contributed by atoms with Gasteiger partial charge in [0.15, 0.2) is 0 Å². The van der Waals surface area contributed by atoms with E-state index in [2.05, 4.69) is 15.1 Å². The van der Waals surface area contributed by atoms with E-state index in [0.717, 1.165) is 29.9 Å². The average molecular weight is 399 g/mol. The molecular weight excluding hydrogens is 368 g/mol. The third kappa shape index (κ3) is 3.85. The minimum Gasteiger partial charge on any atom is -0.478 e. The summed E-state index contributed by atoms with van der Waals surface area (Å²) in [5, 5.41) is 12.9. The summed E-state index contributed by atoms with van der Waals surface area (Å²) in [5.74, 6) is 2.77. The Morgan fingerprint density at radius 2 is 1.79 bits per heavy atom. The lowest BCUT2D eigenvalue weighted by Gasteiger charge is -2.56. The summed E-state index contributed by atoms with van der Waals surface area (Å²) in [4.78, 5) is 18.9. The molecule has 8 heteroatoms. The number of rotatable bonds is 3. The van der Waals surface area contributed by atoms with Crippen LogP contribution in [-0.2, 0) is 0 Å². The molecule has 4 aliphatic rings. The van der Waals surface area contributed by atoms with Crippen molar-refractivity contribution in [3.8, 4) is 5.95 Å². The van der Waals surface area contributed by atoms with Crippen molar-refractivity contribution in [3.63, 3.8) is 0 Å². The molecule has 6 rings (SSSR count). The Bertz CT molecular complexity index is 887. The van der Waals surface area contributed by atoms with Crippen molar-refractivity contribution in [3.05, 3.63) is 29.2 Å². The predicted octanol–water partition coefficient (Wildman–Crippen LogP) is 2.72. The number of anilines is 1. The van der Waals surface area contributed by atoms with E-state index in [1.165, 1.54) is 49.4 Å². The number of aromatic nitrogens is 4. The minimum atomic E-state index is -1.03. The molecule has 4 bridgehead atoms. The Balaban J connectivity index is 0.000000149. The lowest BCUT2D eigenvalue weighted by molar-refractivity contribution is -0.0468. The summed E-state index contributed by atoms with van der Waals surface area (Å²) in [5.41, 5.74) is 13.5. The second kappa shape index (κ2) is 7.40. The second-order valence-electron chi connectivity index (χ2n) is 9.24. The number of nitrogen functional groups attached to an aromatic ring is 1. The standard InChI is InChI=1S/C11H19N.C10H11N5O2/c12-7-11-4-8-1-9(5-11)3-10(2-8)6-11;1-5-3-12-10(13-8(5)11)15-4-7(9(16)17)6(2)14-15/h8-10H,1-7,12H2;3-4H,1-2H3,(H,16,17)(H2,11,12,13). The van der Waals surface area contributed by atoms with Crippen molar-refractivity contribution in [2.45, 2.75) is 52.4 Å². The zero-order valence-electron chi connectivity index (χ0n) is 17.1. The van der Waals surface area contributed by atoms with E-state index in [1.807, 2.05) is 0 Å². The molecule has 4 saturated carbocycles. The predicted molar refractivity (Wildman–Crippen MR) is 110 cm³/mol. The van der Waals surface area contributed by atoms with Gasteiger partial charge in [-0.25, -0.2) is 14.5 Å². The van der Waals surface area contributed by atoms with Gasteiger partial charge in [0.05, 0.1) is 5.69 Å². The monoisotopic (exact) mass is 398 g/mol. The summed E-state index contributed by atoms with van der Waals surface area (Å²) in [6, 6.07) is 0. The Labute approximate surface area is 170 Å². The van der Waals surface area contributed by atoms with Crippen LogP contribution < -0.4 is 11.5 Å². The number of carboxylic acids is 1. The van der Waals surface area contributed by atoms with Gasteiger partial charge >= 0.3 is 5.97 Å². The molecule has 4 fully saturated rings. The second-order valence-corrected chi connectivity index (χ2v) is 9.24. The molecule has 2 heterocycles. The number of nitrogens with two attached hydrogens (primary N) is 2. The van der Waals surface area contributed by atoms with E-state index in [4.69, 9.17) is 16.6 Å². The molecular formula is C21H30N6O2. The van der Waals surface area contributed by atoms with Crippen LogP contribution in [0.1, 0.15) is 60.1 Å². The van der Waals surface area contributed by atoms with Crippen LogP contribution in [0.2, 0.25) is 0 Å². The number of hydrogen-bond donors (Lipinski definition) is 3. The van der Waals surface area contributed by atoms with E-state index >= 15 is 0 Å². The smallest absolute Gasteiger partial charge is 0.339 e. The van der Waals surface area contributed by atoms with Crippen LogP contribution in [0.25, 0.3) is 5.95 Å². The van der Waals surface area contributed by atoms with E-state index in [9.17, 15) is 4.79 Å². The van der Waals surface area contributed by atoms with E-state index in [0.29, 0.717) is 16.9 Å². The molecule has 2 aromatic rings. The Morgan fingerprint density at radius 1 is 1.21 bits per heavy atom. The minimum absolute atomic E-state index is 0.118. The average Bonchev–Trinajstić information content (AvgIpc) is 3.05. The van der Waals surface area contributed by atoms with Crippen LogP contribution in [0.3, 0.4) is 0 Å². The lowest BCUT2D eigenvalue weighted by atomic mass is 9.50. The molecule has 0 aliphatic heterocycles. The molecule has 29 heavy (non-hydrogen) atoms. The topological polar surface area (TPSA) is 133 Å². The maximum absolute atomic E-state index is 10.9. The van der Waals surface area contributed by atoms with Crippen LogP contribution in [0.5, 0.6) is 0 Å². The summed E-state index contributed by atoms with van der Waals surface area (Å²) < 4.78 is 1.30. The Kier molecular flexibility index (Phi) is 5.06. The van der Waals surface area contributed by atoms with Gasteiger partial charge in [-0.15, -0.1) is 0 Å². The quantitative estimate of drug-likeness (QED) is 0.724. The molecule has 0 atom stereocenters. The maximum atomic E-state index is 10.9. The zero-order chi connectivity index (χ0) is 20.8.